The second-order valence-corrected chi connectivity index (χ2v) is 6.77. The Bertz CT molecular complexity index is 886. The van der Waals surface area contributed by atoms with Crippen molar-refractivity contribution < 1.29 is 23.9 Å². The number of nitrogens with one attached hydrogen (secondary N) is 1. The third-order valence-electron chi connectivity index (χ3n) is 4.59. The first-order valence-corrected chi connectivity index (χ1v) is 8.66. The molecule has 1 saturated carbocycles. The number of hydrogen-bond acceptors (Lipinski definition) is 5. The zero-order valence-electron chi connectivity index (χ0n) is 14.9. The molecule has 0 bridgehead atoms. The quantitative estimate of drug-likeness (QED) is 0.793. The standard InChI is InChI=1S/C20H18ClNO5/c1-26-17(23)12-8-13(18(24)27-2)10-16(9-12)22-19(25)20(6-7-20)14-4-3-5-15(21)11-14/h3-5,8-11H,6-7H2,1-2H3,(H,22,25). The number of ether oxygens (including phenoxy) is 2. The molecule has 0 heterocycles. The van der Waals surface area contributed by atoms with Gasteiger partial charge in [-0.2, -0.15) is 0 Å². The number of methoxy groups -OCH3 is 2. The van der Waals surface area contributed by atoms with Crippen LogP contribution in [0.15, 0.2) is 42.5 Å². The van der Waals surface area contributed by atoms with Crippen LogP contribution in [0.2, 0.25) is 5.02 Å². The lowest BCUT2D eigenvalue weighted by Crippen LogP contribution is -2.28. The van der Waals surface area contributed by atoms with Crippen LogP contribution in [-0.4, -0.2) is 32.1 Å². The molecule has 0 saturated heterocycles. The molecule has 0 unspecified atom stereocenters. The van der Waals surface area contributed by atoms with E-state index < -0.39 is 17.4 Å². The van der Waals surface area contributed by atoms with Gasteiger partial charge in [0.2, 0.25) is 5.91 Å². The zero-order valence-corrected chi connectivity index (χ0v) is 15.6. The molecule has 2 aromatic carbocycles. The molecule has 140 valence electrons. The van der Waals surface area contributed by atoms with Crippen molar-refractivity contribution in [3.05, 3.63) is 64.2 Å². The Morgan fingerprint density at radius 3 is 2.04 bits per heavy atom. The lowest BCUT2D eigenvalue weighted by atomic mass is 9.95. The number of rotatable bonds is 5. The Morgan fingerprint density at radius 2 is 1.56 bits per heavy atom. The van der Waals surface area contributed by atoms with Gasteiger partial charge in [0.05, 0.1) is 30.8 Å². The summed E-state index contributed by atoms with van der Waals surface area (Å²) in [6.45, 7) is 0. The van der Waals surface area contributed by atoms with Crippen LogP contribution < -0.4 is 5.32 Å². The summed E-state index contributed by atoms with van der Waals surface area (Å²) < 4.78 is 9.42. The Morgan fingerprint density at radius 1 is 0.963 bits per heavy atom. The van der Waals surface area contributed by atoms with Gasteiger partial charge in [0.15, 0.2) is 0 Å². The second-order valence-electron chi connectivity index (χ2n) is 6.33. The normalized spacial score (nSPS) is 14.2. The van der Waals surface area contributed by atoms with Crippen LogP contribution in [0, 0.1) is 0 Å². The Balaban J connectivity index is 1.91. The number of anilines is 1. The van der Waals surface area contributed by atoms with Crippen LogP contribution in [0.4, 0.5) is 5.69 Å². The van der Waals surface area contributed by atoms with Crippen LogP contribution >= 0.6 is 11.6 Å². The van der Waals surface area contributed by atoms with Crippen molar-refractivity contribution in [1.82, 2.24) is 0 Å². The minimum Gasteiger partial charge on any atom is -0.465 e. The molecule has 0 spiro atoms. The summed E-state index contributed by atoms with van der Waals surface area (Å²) in [5.41, 5.74) is 0.783. The number of halogens is 1. The molecular weight excluding hydrogens is 370 g/mol. The summed E-state index contributed by atoms with van der Waals surface area (Å²) in [6.07, 6.45) is 1.39. The van der Waals surface area contributed by atoms with Gasteiger partial charge in [0.25, 0.3) is 0 Å². The van der Waals surface area contributed by atoms with Gasteiger partial charge in [0.1, 0.15) is 0 Å². The highest BCUT2D eigenvalue weighted by molar-refractivity contribution is 6.30. The highest BCUT2D eigenvalue weighted by Gasteiger charge is 2.51. The van der Waals surface area contributed by atoms with Crippen molar-refractivity contribution in [2.24, 2.45) is 0 Å². The third-order valence-corrected chi connectivity index (χ3v) is 4.83. The molecule has 0 radical (unpaired) electrons. The lowest BCUT2D eigenvalue weighted by molar-refractivity contribution is -0.118. The fourth-order valence-electron chi connectivity index (χ4n) is 2.98. The molecule has 1 aliphatic carbocycles. The molecule has 6 nitrogen and oxygen atoms in total. The van der Waals surface area contributed by atoms with Crippen molar-refractivity contribution in [2.45, 2.75) is 18.3 Å². The molecule has 3 rings (SSSR count). The van der Waals surface area contributed by atoms with Gasteiger partial charge in [-0.15, -0.1) is 0 Å². The average molecular weight is 388 g/mol. The van der Waals surface area contributed by atoms with E-state index in [1.165, 1.54) is 32.4 Å². The second kappa shape index (κ2) is 7.40. The van der Waals surface area contributed by atoms with Crippen LogP contribution in [0.1, 0.15) is 39.1 Å². The molecule has 7 heteroatoms. The number of carbonyl (C=O) groups excluding carboxylic acids is 3. The fraction of sp³-hybridized carbons (Fsp3) is 0.250. The van der Waals surface area contributed by atoms with E-state index in [4.69, 9.17) is 21.1 Å². The first-order valence-electron chi connectivity index (χ1n) is 8.29. The first kappa shape index (κ1) is 18.9. The van der Waals surface area contributed by atoms with Crippen LogP contribution in [0.25, 0.3) is 0 Å². The summed E-state index contributed by atoms with van der Waals surface area (Å²) in [4.78, 5) is 36.7. The van der Waals surface area contributed by atoms with E-state index in [0.29, 0.717) is 23.6 Å². The maximum Gasteiger partial charge on any atom is 0.337 e. The minimum absolute atomic E-state index is 0.142. The van der Waals surface area contributed by atoms with Gasteiger partial charge in [-0.05, 0) is 48.7 Å². The molecule has 1 aliphatic rings. The van der Waals surface area contributed by atoms with Crippen LogP contribution in [-0.2, 0) is 19.7 Å². The summed E-state index contributed by atoms with van der Waals surface area (Å²) >= 11 is 6.05. The van der Waals surface area contributed by atoms with Gasteiger partial charge < -0.3 is 14.8 Å². The Kier molecular flexibility index (Phi) is 5.19. The van der Waals surface area contributed by atoms with Crippen LogP contribution in [0.3, 0.4) is 0 Å². The van der Waals surface area contributed by atoms with E-state index in [9.17, 15) is 14.4 Å². The van der Waals surface area contributed by atoms with E-state index >= 15 is 0 Å². The first-order chi connectivity index (χ1) is 12.9. The number of carbonyl (C=O) groups is 3. The molecular formula is C20H18ClNO5. The predicted molar refractivity (Wildman–Crippen MR) is 100 cm³/mol. The minimum atomic E-state index is -0.655. The lowest BCUT2D eigenvalue weighted by Gasteiger charge is -2.17. The van der Waals surface area contributed by atoms with Gasteiger partial charge >= 0.3 is 11.9 Å². The SMILES string of the molecule is COC(=O)c1cc(NC(=O)C2(c3cccc(Cl)c3)CC2)cc(C(=O)OC)c1. The van der Waals surface area contributed by atoms with E-state index in [2.05, 4.69) is 5.32 Å². The third kappa shape index (κ3) is 3.80. The van der Waals surface area contributed by atoms with Crippen molar-refractivity contribution in [1.29, 1.82) is 0 Å². The van der Waals surface area contributed by atoms with Crippen molar-refractivity contribution in [2.75, 3.05) is 19.5 Å². The molecule has 1 N–H and O–H groups in total. The van der Waals surface area contributed by atoms with E-state index in [0.717, 1.165) is 5.56 Å². The number of benzene rings is 2. The Labute approximate surface area is 161 Å². The highest BCUT2D eigenvalue weighted by atomic mass is 35.5. The van der Waals surface area contributed by atoms with Crippen molar-refractivity contribution in [3.8, 4) is 0 Å². The number of hydrogen-bond donors (Lipinski definition) is 1. The monoisotopic (exact) mass is 387 g/mol. The number of amides is 1. The van der Waals surface area contributed by atoms with Gasteiger partial charge in [0, 0.05) is 10.7 Å². The largest absolute Gasteiger partial charge is 0.465 e. The average Bonchev–Trinajstić information content (AvgIpc) is 3.48. The Hall–Kier alpha value is -2.86. The highest BCUT2D eigenvalue weighted by Crippen LogP contribution is 2.49. The molecule has 0 aromatic heterocycles. The molecule has 0 aliphatic heterocycles. The predicted octanol–water partition coefficient (Wildman–Crippen LogP) is 3.58. The summed E-state index contributed by atoms with van der Waals surface area (Å²) in [5.74, 6) is -1.46. The zero-order chi connectivity index (χ0) is 19.6. The van der Waals surface area contributed by atoms with Gasteiger partial charge in [-0.3, -0.25) is 4.79 Å². The van der Waals surface area contributed by atoms with E-state index in [1.54, 1.807) is 18.2 Å². The summed E-state index contributed by atoms with van der Waals surface area (Å²) in [7, 11) is 2.48. The van der Waals surface area contributed by atoms with E-state index in [-0.39, 0.29) is 17.0 Å². The molecule has 27 heavy (non-hydrogen) atoms. The van der Waals surface area contributed by atoms with Crippen molar-refractivity contribution >= 4 is 35.1 Å². The van der Waals surface area contributed by atoms with Gasteiger partial charge in [-0.25, -0.2) is 9.59 Å². The molecule has 1 fully saturated rings. The topological polar surface area (TPSA) is 81.7 Å². The fourth-order valence-corrected chi connectivity index (χ4v) is 3.17. The summed E-state index contributed by atoms with van der Waals surface area (Å²) in [5, 5.41) is 3.37. The van der Waals surface area contributed by atoms with Gasteiger partial charge in [-0.1, -0.05) is 23.7 Å². The van der Waals surface area contributed by atoms with Crippen LogP contribution in [0.5, 0.6) is 0 Å². The smallest absolute Gasteiger partial charge is 0.337 e. The molecule has 0 atom stereocenters. The summed E-state index contributed by atoms with van der Waals surface area (Å²) in [6, 6.07) is 11.5. The maximum atomic E-state index is 12.9. The number of esters is 2. The van der Waals surface area contributed by atoms with Crippen molar-refractivity contribution in [3.63, 3.8) is 0 Å². The van der Waals surface area contributed by atoms with E-state index in [1.807, 2.05) is 6.07 Å². The molecule has 2 aromatic rings. The maximum absolute atomic E-state index is 12.9. The molecule has 1 amide bonds.